The van der Waals surface area contributed by atoms with E-state index in [1.807, 2.05) is 0 Å². The molecule has 2 nitrogen and oxygen atoms in total. The summed E-state index contributed by atoms with van der Waals surface area (Å²) in [5, 5.41) is 3.11. The Balaban J connectivity index is 3.13. The lowest BCUT2D eigenvalue weighted by atomic mass is 10.1. The average molecular weight is 396 g/mol. The first kappa shape index (κ1) is 27.5. The van der Waals surface area contributed by atoms with E-state index in [0.29, 0.717) is 0 Å². The molecule has 1 amide bonds. The number of rotatable bonds is 23. The molecule has 1 N–H and O–H groups in total. The highest BCUT2D eigenvalue weighted by Gasteiger charge is 2.00. The number of nitrogens with one attached hydrogen (secondary N) is 1. The van der Waals surface area contributed by atoms with Crippen molar-refractivity contribution >= 4 is 5.91 Å². The van der Waals surface area contributed by atoms with Gasteiger partial charge in [0.2, 0.25) is 5.91 Å². The van der Waals surface area contributed by atoms with E-state index in [2.05, 4.69) is 19.2 Å². The summed E-state index contributed by atoms with van der Waals surface area (Å²) < 4.78 is 0. The van der Waals surface area contributed by atoms with Crippen LogP contribution < -0.4 is 5.32 Å². The molecule has 28 heavy (non-hydrogen) atoms. The standard InChI is InChI=1S/C26H53NO/c1-3-5-7-9-11-13-15-17-19-21-23-25-27-26(28)24-22-20-18-16-14-12-10-8-6-4-2/h3-25H2,1-2H3,(H,27,28). The number of hydrogen-bond donors (Lipinski definition) is 1. The van der Waals surface area contributed by atoms with Crippen molar-refractivity contribution in [3.63, 3.8) is 0 Å². The van der Waals surface area contributed by atoms with Gasteiger partial charge in [-0.3, -0.25) is 4.79 Å². The Morgan fingerprint density at radius 3 is 1.18 bits per heavy atom. The number of unbranched alkanes of at least 4 members (excludes halogenated alkanes) is 19. The summed E-state index contributed by atoms with van der Waals surface area (Å²) in [4.78, 5) is 11.8. The maximum absolute atomic E-state index is 11.8. The van der Waals surface area contributed by atoms with Crippen LogP contribution in [0.1, 0.15) is 155 Å². The van der Waals surface area contributed by atoms with E-state index in [0.717, 1.165) is 25.8 Å². The van der Waals surface area contributed by atoms with Gasteiger partial charge in [-0.25, -0.2) is 0 Å². The molecule has 0 unspecified atom stereocenters. The molecule has 0 spiro atoms. The molecule has 0 rings (SSSR count). The van der Waals surface area contributed by atoms with E-state index < -0.39 is 0 Å². The van der Waals surface area contributed by atoms with Gasteiger partial charge in [0.25, 0.3) is 0 Å². The van der Waals surface area contributed by atoms with Crippen LogP contribution in [0.15, 0.2) is 0 Å². The molecule has 0 aromatic rings. The molecule has 0 bridgehead atoms. The minimum Gasteiger partial charge on any atom is -0.356 e. The fraction of sp³-hybridized carbons (Fsp3) is 0.962. The minimum absolute atomic E-state index is 0.270. The summed E-state index contributed by atoms with van der Waals surface area (Å²) in [6, 6.07) is 0. The quantitative estimate of drug-likeness (QED) is 0.172. The van der Waals surface area contributed by atoms with Crippen LogP contribution in [-0.2, 0) is 4.79 Å². The highest BCUT2D eigenvalue weighted by molar-refractivity contribution is 5.75. The van der Waals surface area contributed by atoms with Gasteiger partial charge in [-0.2, -0.15) is 0 Å². The van der Waals surface area contributed by atoms with Gasteiger partial charge >= 0.3 is 0 Å². The van der Waals surface area contributed by atoms with Gasteiger partial charge in [0.15, 0.2) is 0 Å². The van der Waals surface area contributed by atoms with Crippen molar-refractivity contribution in [2.45, 2.75) is 155 Å². The summed E-state index contributed by atoms with van der Waals surface area (Å²) in [6.45, 7) is 5.43. The van der Waals surface area contributed by atoms with E-state index in [4.69, 9.17) is 0 Å². The minimum atomic E-state index is 0.270. The second kappa shape index (κ2) is 24.5. The predicted molar refractivity (Wildman–Crippen MR) is 126 cm³/mol. The molecule has 168 valence electrons. The molecule has 0 fully saturated rings. The van der Waals surface area contributed by atoms with Crippen molar-refractivity contribution in [2.75, 3.05) is 6.54 Å². The fourth-order valence-electron chi connectivity index (χ4n) is 3.88. The lowest BCUT2D eigenvalue weighted by Crippen LogP contribution is -2.23. The van der Waals surface area contributed by atoms with Crippen LogP contribution in [-0.4, -0.2) is 12.5 Å². The summed E-state index contributed by atoms with van der Waals surface area (Å²) in [7, 11) is 0. The van der Waals surface area contributed by atoms with Crippen LogP contribution in [0.25, 0.3) is 0 Å². The Morgan fingerprint density at radius 1 is 0.464 bits per heavy atom. The fourth-order valence-corrected chi connectivity index (χ4v) is 3.88. The Hall–Kier alpha value is -0.530. The van der Waals surface area contributed by atoms with E-state index >= 15 is 0 Å². The van der Waals surface area contributed by atoms with E-state index in [1.165, 1.54) is 122 Å². The highest BCUT2D eigenvalue weighted by Crippen LogP contribution is 2.12. The van der Waals surface area contributed by atoms with Crippen LogP contribution >= 0.6 is 0 Å². The third-order valence-electron chi connectivity index (χ3n) is 5.86. The normalized spacial score (nSPS) is 11.1. The molecule has 0 radical (unpaired) electrons. The average Bonchev–Trinajstić information content (AvgIpc) is 2.70. The monoisotopic (exact) mass is 395 g/mol. The molecule has 0 aromatic carbocycles. The van der Waals surface area contributed by atoms with Crippen molar-refractivity contribution in [2.24, 2.45) is 0 Å². The molecule has 0 aliphatic heterocycles. The first-order chi connectivity index (χ1) is 13.8. The van der Waals surface area contributed by atoms with Crippen LogP contribution in [0.2, 0.25) is 0 Å². The topological polar surface area (TPSA) is 29.1 Å². The largest absolute Gasteiger partial charge is 0.356 e. The second-order valence-corrected chi connectivity index (χ2v) is 8.82. The Labute approximate surface area is 178 Å². The van der Waals surface area contributed by atoms with Crippen molar-refractivity contribution in [1.29, 1.82) is 0 Å². The third-order valence-corrected chi connectivity index (χ3v) is 5.86. The molecule has 0 aromatic heterocycles. The zero-order valence-electron chi connectivity index (χ0n) is 19.7. The SMILES string of the molecule is CCCCCCCCCCCCCNC(=O)CCCCCCCCCCCC. The molecule has 0 heterocycles. The van der Waals surface area contributed by atoms with Gasteiger partial charge in [-0.15, -0.1) is 0 Å². The van der Waals surface area contributed by atoms with Crippen molar-refractivity contribution in [3.05, 3.63) is 0 Å². The van der Waals surface area contributed by atoms with E-state index in [1.54, 1.807) is 0 Å². The lowest BCUT2D eigenvalue weighted by Gasteiger charge is -2.06. The van der Waals surface area contributed by atoms with Gasteiger partial charge in [-0.1, -0.05) is 136 Å². The van der Waals surface area contributed by atoms with Gasteiger partial charge < -0.3 is 5.32 Å². The summed E-state index contributed by atoms with van der Waals surface area (Å²) in [5.41, 5.74) is 0. The number of carbonyl (C=O) groups is 1. The van der Waals surface area contributed by atoms with Gasteiger partial charge in [0.1, 0.15) is 0 Å². The Kier molecular flexibility index (Phi) is 24.0. The first-order valence-corrected chi connectivity index (χ1v) is 13.1. The maximum atomic E-state index is 11.8. The van der Waals surface area contributed by atoms with Crippen LogP contribution in [0, 0.1) is 0 Å². The Bertz CT molecular complexity index is 303. The summed E-state index contributed by atoms with van der Waals surface area (Å²) >= 11 is 0. The highest BCUT2D eigenvalue weighted by atomic mass is 16.1. The van der Waals surface area contributed by atoms with Crippen molar-refractivity contribution in [3.8, 4) is 0 Å². The maximum Gasteiger partial charge on any atom is 0.219 e. The smallest absolute Gasteiger partial charge is 0.219 e. The van der Waals surface area contributed by atoms with Crippen LogP contribution in [0.3, 0.4) is 0 Å². The molecular weight excluding hydrogens is 342 g/mol. The lowest BCUT2D eigenvalue weighted by molar-refractivity contribution is -0.121. The summed E-state index contributed by atoms with van der Waals surface area (Å²) in [6.07, 6.45) is 29.0. The van der Waals surface area contributed by atoms with Gasteiger partial charge in [-0.05, 0) is 12.8 Å². The van der Waals surface area contributed by atoms with Crippen LogP contribution in [0.4, 0.5) is 0 Å². The van der Waals surface area contributed by atoms with E-state index in [-0.39, 0.29) is 5.91 Å². The van der Waals surface area contributed by atoms with Gasteiger partial charge in [0, 0.05) is 13.0 Å². The van der Waals surface area contributed by atoms with Gasteiger partial charge in [0.05, 0.1) is 0 Å². The Morgan fingerprint density at radius 2 is 0.786 bits per heavy atom. The first-order valence-electron chi connectivity index (χ1n) is 13.1. The van der Waals surface area contributed by atoms with Crippen molar-refractivity contribution in [1.82, 2.24) is 5.32 Å². The molecule has 0 aliphatic carbocycles. The number of amides is 1. The zero-order chi connectivity index (χ0) is 20.5. The zero-order valence-corrected chi connectivity index (χ0v) is 19.7. The third kappa shape index (κ3) is 23.5. The molecule has 2 heteroatoms. The molecule has 0 atom stereocenters. The number of hydrogen-bond acceptors (Lipinski definition) is 1. The molecule has 0 saturated heterocycles. The summed E-state index contributed by atoms with van der Waals surface area (Å²) in [5.74, 6) is 0.270. The van der Waals surface area contributed by atoms with E-state index in [9.17, 15) is 4.79 Å². The molecule has 0 aliphatic rings. The number of carbonyl (C=O) groups excluding carboxylic acids is 1. The molecular formula is C26H53NO. The molecule has 0 saturated carbocycles. The predicted octanol–water partition coefficient (Wildman–Crippen LogP) is 8.72. The second-order valence-electron chi connectivity index (χ2n) is 8.82. The van der Waals surface area contributed by atoms with Crippen LogP contribution in [0.5, 0.6) is 0 Å². The van der Waals surface area contributed by atoms with Crippen molar-refractivity contribution < 1.29 is 4.79 Å².